The molecule has 0 spiro atoms. The van der Waals surface area contributed by atoms with Crippen LogP contribution in [0.4, 0.5) is 0 Å². The lowest BCUT2D eigenvalue weighted by molar-refractivity contribution is -0.123. The molecule has 0 saturated heterocycles. The van der Waals surface area contributed by atoms with Gasteiger partial charge in [0.1, 0.15) is 5.69 Å². The van der Waals surface area contributed by atoms with Crippen LogP contribution >= 0.6 is 0 Å². The monoisotopic (exact) mass is 419 g/mol. The molecule has 0 saturated carbocycles. The number of sulfonamides is 1. The standard InChI is InChI=1S/C19H21N3O6S/c1-12(2)17(23)20-9-8-13-4-3-5-15(10-13)29(27,28)22-18(24)14-6-7-16(19(25)26)21-11-14/h3-7,10-12H,8-9H2,1-2H3,(H,20,23)(H,22,24)(H,25,26). The maximum Gasteiger partial charge on any atom is 0.354 e. The lowest BCUT2D eigenvalue weighted by Gasteiger charge is -2.10. The second-order valence-corrected chi connectivity index (χ2v) is 8.20. The van der Waals surface area contributed by atoms with Gasteiger partial charge in [0.15, 0.2) is 0 Å². The molecule has 3 N–H and O–H groups in total. The number of nitrogens with one attached hydrogen (secondary N) is 2. The summed E-state index contributed by atoms with van der Waals surface area (Å²) in [5.74, 6) is -2.42. The van der Waals surface area contributed by atoms with Crippen LogP contribution in [0.1, 0.15) is 40.3 Å². The fourth-order valence-corrected chi connectivity index (χ4v) is 3.34. The van der Waals surface area contributed by atoms with Gasteiger partial charge in [-0.05, 0) is 36.2 Å². The van der Waals surface area contributed by atoms with Crippen molar-refractivity contribution in [3.8, 4) is 0 Å². The topological polar surface area (TPSA) is 143 Å². The second-order valence-electron chi connectivity index (χ2n) is 6.52. The van der Waals surface area contributed by atoms with Crippen molar-refractivity contribution in [2.75, 3.05) is 6.54 Å². The third-order valence-electron chi connectivity index (χ3n) is 3.92. The van der Waals surface area contributed by atoms with Crippen LogP contribution < -0.4 is 10.0 Å². The Morgan fingerprint density at radius 1 is 1.14 bits per heavy atom. The summed E-state index contributed by atoms with van der Waals surface area (Å²) in [6.07, 6.45) is 1.42. The Balaban J connectivity index is 2.07. The fourth-order valence-electron chi connectivity index (χ4n) is 2.30. The first kappa shape index (κ1) is 22.0. The minimum absolute atomic E-state index is 0.0915. The zero-order chi connectivity index (χ0) is 21.6. The summed E-state index contributed by atoms with van der Waals surface area (Å²) in [5, 5.41) is 11.6. The minimum Gasteiger partial charge on any atom is -0.477 e. The number of amides is 2. The first-order valence-corrected chi connectivity index (χ1v) is 10.2. The Kier molecular flexibility index (Phi) is 7.05. The van der Waals surface area contributed by atoms with Crippen LogP contribution in [0.2, 0.25) is 0 Å². The Bertz CT molecular complexity index is 1020. The first-order chi connectivity index (χ1) is 13.6. The molecule has 0 bridgehead atoms. The van der Waals surface area contributed by atoms with E-state index >= 15 is 0 Å². The van der Waals surface area contributed by atoms with Crippen molar-refractivity contribution >= 4 is 27.8 Å². The van der Waals surface area contributed by atoms with E-state index in [0.717, 1.165) is 12.3 Å². The van der Waals surface area contributed by atoms with Crippen LogP contribution in [0.3, 0.4) is 0 Å². The van der Waals surface area contributed by atoms with Gasteiger partial charge in [0.2, 0.25) is 5.91 Å². The molecule has 154 valence electrons. The average molecular weight is 419 g/mol. The molecular formula is C19H21N3O6S. The Labute approximate surface area is 168 Å². The van der Waals surface area contributed by atoms with Crippen LogP contribution in [0, 0.1) is 5.92 Å². The van der Waals surface area contributed by atoms with E-state index in [9.17, 15) is 22.8 Å². The predicted molar refractivity (Wildman–Crippen MR) is 104 cm³/mol. The van der Waals surface area contributed by atoms with Crippen LogP contribution in [-0.4, -0.2) is 42.8 Å². The van der Waals surface area contributed by atoms with Gasteiger partial charge in [-0.2, -0.15) is 0 Å². The first-order valence-electron chi connectivity index (χ1n) is 8.73. The van der Waals surface area contributed by atoms with Crippen molar-refractivity contribution in [3.05, 3.63) is 59.4 Å². The summed E-state index contributed by atoms with van der Waals surface area (Å²) >= 11 is 0. The number of aromatic carboxylic acids is 1. The molecule has 0 fully saturated rings. The third-order valence-corrected chi connectivity index (χ3v) is 5.25. The van der Waals surface area contributed by atoms with Crippen molar-refractivity contribution in [2.45, 2.75) is 25.2 Å². The van der Waals surface area contributed by atoms with Crippen LogP contribution in [0.25, 0.3) is 0 Å². The SMILES string of the molecule is CC(C)C(=O)NCCc1cccc(S(=O)(=O)NC(=O)c2ccc(C(=O)O)nc2)c1. The van der Waals surface area contributed by atoms with Gasteiger partial charge in [-0.15, -0.1) is 0 Å². The number of benzene rings is 1. The molecule has 9 nitrogen and oxygen atoms in total. The van der Waals surface area contributed by atoms with Crippen molar-refractivity contribution in [2.24, 2.45) is 5.92 Å². The normalized spacial score (nSPS) is 11.1. The highest BCUT2D eigenvalue weighted by Crippen LogP contribution is 2.13. The molecule has 0 aliphatic carbocycles. The number of aromatic nitrogens is 1. The molecule has 0 unspecified atom stereocenters. The Hall–Kier alpha value is -3.27. The quantitative estimate of drug-likeness (QED) is 0.584. The van der Waals surface area contributed by atoms with Gasteiger partial charge in [0.05, 0.1) is 10.5 Å². The minimum atomic E-state index is -4.14. The van der Waals surface area contributed by atoms with E-state index < -0.39 is 21.9 Å². The van der Waals surface area contributed by atoms with E-state index in [2.05, 4.69) is 10.3 Å². The Morgan fingerprint density at radius 3 is 2.45 bits per heavy atom. The van der Waals surface area contributed by atoms with Crippen LogP contribution in [-0.2, 0) is 21.2 Å². The zero-order valence-corrected chi connectivity index (χ0v) is 16.7. The van der Waals surface area contributed by atoms with Crippen molar-refractivity contribution in [1.82, 2.24) is 15.0 Å². The van der Waals surface area contributed by atoms with Crippen molar-refractivity contribution in [1.29, 1.82) is 0 Å². The van der Waals surface area contributed by atoms with E-state index in [1.807, 2.05) is 4.72 Å². The molecule has 0 aliphatic rings. The van der Waals surface area contributed by atoms with Crippen LogP contribution in [0.15, 0.2) is 47.5 Å². The van der Waals surface area contributed by atoms with E-state index in [1.165, 1.54) is 18.2 Å². The number of carboxylic acids is 1. The number of hydrogen-bond acceptors (Lipinski definition) is 6. The van der Waals surface area contributed by atoms with Gasteiger partial charge in [-0.3, -0.25) is 9.59 Å². The number of carboxylic acid groups (broad SMARTS) is 1. The zero-order valence-electron chi connectivity index (χ0n) is 15.9. The summed E-state index contributed by atoms with van der Waals surface area (Å²) in [6.45, 7) is 3.90. The number of hydrogen-bond donors (Lipinski definition) is 3. The predicted octanol–water partition coefficient (Wildman–Crippen LogP) is 1.21. The Morgan fingerprint density at radius 2 is 1.86 bits per heavy atom. The summed E-state index contributed by atoms with van der Waals surface area (Å²) in [4.78, 5) is 38.0. The smallest absolute Gasteiger partial charge is 0.354 e. The molecule has 10 heteroatoms. The van der Waals surface area contributed by atoms with E-state index in [4.69, 9.17) is 5.11 Å². The van der Waals surface area contributed by atoms with E-state index in [1.54, 1.807) is 26.0 Å². The molecule has 0 radical (unpaired) electrons. The fraction of sp³-hybridized carbons (Fsp3) is 0.263. The van der Waals surface area contributed by atoms with Gasteiger partial charge < -0.3 is 10.4 Å². The molecule has 2 amide bonds. The van der Waals surface area contributed by atoms with Crippen molar-refractivity contribution in [3.63, 3.8) is 0 Å². The molecule has 1 heterocycles. The molecular weight excluding hydrogens is 398 g/mol. The summed E-state index contributed by atoms with van der Waals surface area (Å²) in [7, 11) is -4.14. The summed E-state index contributed by atoms with van der Waals surface area (Å²) in [6, 6.07) is 8.31. The van der Waals surface area contributed by atoms with Gasteiger partial charge in [-0.25, -0.2) is 22.9 Å². The molecule has 29 heavy (non-hydrogen) atoms. The van der Waals surface area contributed by atoms with E-state index in [-0.39, 0.29) is 28.0 Å². The number of nitrogens with zero attached hydrogens (tertiary/aromatic N) is 1. The highest BCUT2D eigenvalue weighted by molar-refractivity contribution is 7.90. The van der Waals surface area contributed by atoms with Crippen molar-refractivity contribution < 1.29 is 27.9 Å². The van der Waals surface area contributed by atoms with Gasteiger partial charge in [0, 0.05) is 18.7 Å². The van der Waals surface area contributed by atoms with Gasteiger partial charge in [0.25, 0.3) is 15.9 Å². The number of carbonyl (C=O) groups excluding carboxylic acids is 2. The number of rotatable bonds is 8. The highest BCUT2D eigenvalue weighted by Gasteiger charge is 2.20. The lowest BCUT2D eigenvalue weighted by atomic mass is 10.1. The maximum absolute atomic E-state index is 12.5. The second kappa shape index (κ2) is 9.28. The number of pyridine rings is 1. The average Bonchev–Trinajstić information content (AvgIpc) is 2.67. The third kappa shape index (κ3) is 6.11. The number of carbonyl (C=O) groups is 3. The molecule has 1 aromatic heterocycles. The van der Waals surface area contributed by atoms with Gasteiger partial charge in [-0.1, -0.05) is 26.0 Å². The molecule has 2 aromatic rings. The van der Waals surface area contributed by atoms with Gasteiger partial charge >= 0.3 is 5.97 Å². The van der Waals surface area contributed by atoms with Crippen LogP contribution in [0.5, 0.6) is 0 Å². The molecule has 2 rings (SSSR count). The maximum atomic E-state index is 12.5. The van der Waals surface area contributed by atoms with E-state index in [0.29, 0.717) is 18.5 Å². The molecule has 0 aliphatic heterocycles. The molecule has 1 aromatic carbocycles. The largest absolute Gasteiger partial charge is 0.477 e. The molecule has 0 atom stereocenters. The summed E-state index contributed by atoms with van der Waals surface area (Å²) < 4.78 is 26.9. The lowest BCUT2D eigenvalue weighted by Crippen LogP contribution is -2.31. The highest BCUT2D eigenvalue weighted by atomic mass is 32.2. The summed E-state index contributed by atoms with van der Waals surface area (Å²) in [5.41, 5.74) is 0.324.